The van der Waals surface area contributed by atoms with Crippen LogP contribution in [-0.2, 0) is 0 Å². The Balaban J connectivity index is 2.26. The zero-order chi connectivity index (χ0) is 13.0. The van der Waals surface area contributed by atoms with Crippen molar-refractivity contribution in [2.24, 2.45) is 5.84 Å². The van der Waals surface area contributed by atoms with Crippen molar-refractivity contribution in [3.05, 3.63) is 44.0 Å². The van der Waals surface area contributed by atoms with Crippen molar-refractivity contribution in [2.75, 3.05) is 0 Å². The Morgan fingerprint density at radius 3 is 2.83 bits per heavy atom. The van der Waals surface area contributed by atoms with E-state index in [4.69, 9.17) is 17.4 Å². The first kappa shape index (κ1) is 14.3. The summed E-state index contributed by atoms with van der Waals surface area (Å²) in [5.41, 5.74) is 5.48. The van der Waals surface area contributed by atoms with Crippen LogP contribution in [0.2, 0.25) is 5.02 Å². The lowest BCUT2D eigenvalue weighted by molar-refractivity contribution is 0.593. The van der Waals surface area contributed by atoms with E-state index in [9.17, 15) is 0 Å². The van der Waals surface area contributed by atoms with E-state index >= 15 is 0 Å². The van der Waals surface area contributed by atoms with Gasteiger partial charge in [-0.1, -0.05) is 35.7 Å². The van der Waals surface area contributed by atoms with Gasteiger partial charge in [-0.2, -0.15) is 0 Å². The second-order valence-corrected chi connectivity index (χ2v) is 6.22. The second-order valence-electron chi connectivity index (χ2n) is 4.65. The molecule has 1 aliphatic rings. The molecular weight excluding hydrogens is 359 g/mol. The number of benzene rings is 1. The minimum absolute atomic E-state index is 0.0950. The van der Waals surface area contributed by atoms with Crippen molar-refractivity contribution >= 4 is 34.2 Å². The lowest BCUT2D eigenvalue weighted by Gasteiger charge is -2.20. The number of nitrogens with two attached hydrogens (primary N) is 1. The van der Waals surface area contributed by atoms with Gasteiger partial charge in [0.05, 0.1) is 11.1 Å². The van der Waals surface area contributed by atoms with Crippen molar-refractivity contribution in [1.29, 1.82) is 0 Å². The molecule has 1 aliphatic carbocycles. The molecule has 0 amide bonds. The van der Waals surface area contributed by atoms with E-state index in [1.165, 1.54) is 24.8 Å². The zero-order valence-corrected chi connectivity index (χ0v) is 13.2. The number of hydrogen-bond acceptors (Lipinski definition) is 2. The highest BCUT2D eigenvalue weighted by atomic mass is 127. The van der Waals surface area contributed by atoms with Gasteiger partial charge in [0.25, 0.3) is 0 Å². The molecule has 1 atom stereocenters. The molecular formula is C14H18ClIN2. The van der Waals surface area contributed by atoms with E-state index in [1.54, 1.807) is 0 Å². The summed E-state index contributed by atoms with van der Waals surface area (Å²) in [6, 6.07) is 6.25. The smallest absolute Gasteiger partial charge is 0.0670 e. The summed E-state index contributed by atoms with van der Waals surface area (Å²) in [5, 5.41) is 0.794. The molecule has 0 aromatic heterocycles. The average Bonchev–Trinajstić information content (AvgIpc) is 2.64. The zero-order valence-electron chi connectivity index (χ0n) is 10.3. The molecule has 0 bridgehead atoms. The van der Waals surface area contributed by atoms with Crippen molar-refractivity contribution in [3.63, 3.8) is 0 Å². The van der Waals surface area contributed by atoms with E-state index in [2.05, 4.69) is 40.2 Å². The summed E-state index contributed by atoms with van der Waals surface area (Å²) in [6.45, 7) is 0. The molecule has 0 heterocycles. The lowest BCUT2D eigenvalue weighted by atomic mass is 9.96. The maximum Gasteiger partial charge on any atom is 0.0670 e. The third-order valence-electron chi connectivity index (χ3n) is 3.39. The van der Waals surface area contributed by atoms with Crippen LogP contribution >= 0.6 is 34.2 Å². The van der Waals surface area contributed by atoms with Crippen molar-refractivity contribution in [2.45, 2.75) is 38.1 Å². The van der Waals surface area contributed by atoms with Crippen LogP contribution in [-0.4, -0.2) is 0 Å². The Morgan fingerprint density at radius 1 is 1.28 bits per heavy atom. The molecule has 18 heavy (non-hydrogen) atoms. The second kappa shape index (κ2) is 6.89. The number of rotatable bonds is 3. The van der Waals surface area contributed by atoms with Gasteiger partial charge in [-0.05, 0) is 66.0 Å². The molecule has 0 saturated heterocycles. The van der Waals surface area contributed by atoms with Gasteiger partial charge in [0.15, 0.2) is 0 Å². The third kappa shape index (κ3) is 3.47. The Morgan fingerprint density at radius 2 is 2.11 bits per heavy atom. The van der Waals surface area contributed by atoms with Crippen LogP contribution in [0.3, 0.4) is 0 Å². The number of hydrazine groups is 1. The van der Waals surface area contributed by atoms with Crippen LogP contribution in [0.5, 0.6) is 0 Å². The standard InChI is InChI=1S/C14H18ClIN2/c15-12-9-11(7-8-13(12)16)14(18-17)10-5-3-1-2-4-6-10/h5,7-9,14,18H,1-4,6,17H2. The van der Waals surface area contributed by atoms with Gasteiger partial charge < -0.3 is 0 Å². The maximum absolute atomic E-state index is 6.19. The van der Waals surface area contributed by atoms with Gasteiger partial charge in [0.1, 0.15) is 0 Å². The monoisotopic (exact) mass is 376 g/mol. The third-order valence-corrected chi connectivity index (χ3v) is 4.96. The van der Waals surface area contributed by atoms with Gasteiger partial charge in [-0.3, -0.25) is 5.84 Å². The first-order valence-electron chi connectivity index (χ1n) is 6.32. The Kier molecular flexibility index (Phi) is 5.48. The highest BCUT2D eigenvalue weighted by Crippen LogP contribution is 2.31. The van der Waals surface area contributed by atoms with Gasteiger partial charge in [-0.15, -0.1) is 0 Å². The van der Waals surface area contributed by atoms with Gasteiger partial charge >= 0.3 is 0 Å². The fraction of sp³-hybridized carbons (Fsp3) is 0.429. The first-order chi connectivity index (χ1) is 8.72. The van der Waals surface area contributed by atoms with E-state index < -0.39 is 0 Å². The molecule has 0 radical (unpaired) electrons. The fourth-order valence-corrected chi connectivity index (χ4v) is 2.94. The predicted molar refractivity (Wildman–Crippen MR) is 85.4 cm³/mol. The molecule has 2 rings (SSSR count). The molecule has 1 aromatic rings. The SMILES string of the molecule is NNC(C1=CCCCCC1)c1ccc(I)c(Cl)c1. The molecule has 3 N–H and O–H groups in total. The molecule has 0 aliphatic heterocycles. The minimum Gasteiger partial charge on any atom is -0.271 e. The van der Waals surface area contributed by atoms with E-state index in [0.717, 1.165) is 27.0 Å². The topological polar surface area (TPSA) is 38.0 Å². The molecule has 4 heteroatoms. The molecule has 1 aromatic carbocycles. The largest absolute Gasteiger partial charge is 0.271 e. The number of allylic oxidation sites excluding steroid dienone is 1. The maximum atomic E-state index is 6.19. The van der Waals surface area contributed by atoms with Gasteiger partial charge in [0, 0.05) is 3.57 Å². The molecule has 1 unspecified atom stereocenters. The molecule has 2 nitrogen and oxygen atoms in total. The van der Waals surface area contributed by atoms with Crippen LogP contribution < -0.4 is 11.3 Å². The molecule has 98 valence electrons. The van der Waals surface area contributed by atoms with Gasteiger partial charge in [0.2, 0.25) is 0 Å². The lowest BCUT2D eigenvalue weighted by Crippen LogP contribution is -2.29. The first-order valence-corrected chi connectivity index (χ1v) is 7.78. The Labute approximate surface area is 127 Å². The fourth-order valence-electron chi connectivity index (χ4n) is 2.41. The quantitative estimate of drug-likeness (QED) is 0.356. The van der Waals surface area contributed by atoms with Crippen molar-refractivity contribution < 1.29 is 0 Å². The van der Waals surface area contributed by atoms with Crippen LogP contribution in [0, 0.1) is 3.57 Å². The van der Waals surface area contributed by atoms with Crippen LogP contribution in [0.15, 0.2) is 29.8 Å². The van der Waals surface area contributed by atoms with Crippen molar-refractivity contribution in [3.8, 4) is 0 Å². The van der Waals surface area contributed by atoms with Crippen LogP contribution in [0.1, 0.15) is 43.7 Å². The van der Waals surface area contributed by atoms with Crippen LogP contribution in [0.4, 0.5) is 0 Å². The average molecular weight is 377 g/mol. The summed E-state index contributed by atoms with van der Waals surface area (Å²) in [5.74, 6) is 5.74. The number of halogens is 2. The molecule has 0 spiro atoms. The minimum atomic E-state index is 0.0950. The normalized spacial score (nSPS) is 18.1. The van der Waals surface area contributed by atoms with Crippen molar-refractivity contribution in [1.82, 2.24) is 5.43 Å². The summed E-state index contributed by atoms with van der Waals surface area (Å²) in [7, 11) is 0. The molecule has 0 saturated carbocycles. The van der Waals surface area contributed by atoms with Gasteiger partial charge in [-0.25, -0.2) is 5.43 Å². The Hall–Kier alpha value is -0.100. The summed E-state index contributed by atoms with van der Waals surface area (Å²) in [6.07, 6.45) is 8.47. The van der Waals surface area contributed by atoms with E-state index in [-0.39, 0.29) is 6.04 Å². The molecule has 0 fully saturated rings. The number of nitrogens with one attached hydrogen (secondary N) is 1. The summed E-state index contributed by atoms with van der Waals surface area (Å²) < 4.78 is 1.07. The van der Waals surface area contributed by atoms with Crippen LogP contribution in [0.25, 0.3) is 0 Å². The summed E-state index contributed by atoms with van der Waals surface area (Å²) in [4.78, 5) is 0. The van der Waals surface area contributed by atoms with E-state index in [1.807, 2.05) is 12.1 Å². The summed E-state index contributed by atoms with van der Waals surface area (Å²) >= 11 is 8.43. The number of hydrogen-bond donors (Lipinski definition) is 2. The predicted octanol–water partition coefficient (Wildman–Crippen LogP) is 4.34. The highest BCUT2D eigenvalue weighted by molar-refractivity contribution is 14.1. The highest BCUT2D eigenvalue weighted by Gasteiger charge is 2.17. The van der Waals surface area contributed by atoms with E-state index in [0.29, 0.717) is 0 Å². The Bertz CT molecular complexity index is 445.